The molecule has 0 bridgehead atoms. The Kier molecular flexibility index (Phi) is 3.16. The van der Waals surface area contributed by atoms with Crippen molar-refractivity contribution in [2.45, 2.75) is 25.8 Å². The average molecular weight is 206 g/mol. The number of piperidine rings is 1. The monoisotopic (exact) mass is 206 g/mol. The third-order valence-electron chi connectivity index (χ3n) is 3.15. The van der Waals surface area contributed by atoms with E-state index in [1.54, 1.807) is 12.4 Å². The maximum absolute atomic E-state index is 6.06. The van der Waals surface area contributed by atoms with Crippen LogP contribution in [0.5, 0.6) is 0 Å². The third-order valence-corrected chi connectivity index (χ3v) is 3.15. The number of hydrogen-bond acceptors (Lipinski definition) is 4. The van der Waals surface area contributed by atoms with Crippen LogP contribution in [-0.2, 0) is 0 Å². The molecule has 1 saturated heterocycles. The van der Waals surface area contributed by atoms with Crippen LogP contribution in [0.25, 0.3) is 0 Å². The van der Waals surface area contributed by atoms with Gasteiger partial charge in [-0.05, 0) is 18.4 Å². The summed E-state index contributed by atoms with van der Waals surface area (Å²) in [6.07, 6.45) is 5.75. The van der Waals surface area contributed by atoms with E-state index in [0.717, 1.165) is 31.9 Å². The van der Waals surface area contributed by atoms with Crippen molar-refractivity contribution < 1.29 is 0 Å². The van der Waals surface area contributed by atoms with Gasteiger partial charge in [0.15, 0.2) is 0 Å². The van der Waals surface area contributed by atoms with E-state index < -0.39 is 0 Å². The standard InChI is InChI=1S/C11H18N4/c1-2-9-8-15(7-4-10(9)12)11-13-5-3-6-14-11/h3,5-6,9-10H,2,4,7-8,12H2,1H3. The molecule has 1 aromatic rings. The first kappa shape index (κ1) is 10.4. The Bertz CT molecular complexity index is 301. The molecule has 82 valence electrons. The Morgan fingerprint density at radius 3 is 2.87 bits per heavy atom. The maximum Gasteiger partial charge on any atom is 0.225 e. The lowest BCUT2D eigenvalue weighted by atomic mass is 9.91. The van der Waals surface area contributed by atoms with Crippen molar-refractivity contribution in [3.63, 3.8) is 0 Å². The SMILES string of the molecule is CCC1CN(c2ncccn2)CCC1N. The normalized spacial score (nSPS) is 26.7. The molecule has 4 heteroatoms. The van der Waals surface area contributed by atoms with Crippen LogP contribution in [0, 0.1) is 5.92 Å². The zero-order valence-corrected chi connectivity index (χ0v) is 9.13. The smallest absolute Gasteiger partial charge is 0.225 e. The van der Waals surface area contributed by atoms with Crippen LogP contribution < -0.4 is 10.6 Å². The van der Waals surface area contributed by atoms with Gasteiger partial charge in [0.05, 0.1) is 0 Å². The van der Waals surface area contributed by atoms with Crippen LogP contribution in [0.1, 0.15) is 19.8 Å². The minimum Gasteiger partial charge on any atom is -0.340 e. The number of nitrogens with two attached hydrogens (primary N) is 1. The summed E-state index contributed by atoms with van der Waals surface area (Å²) in [5.41, 5.74) is 6.06. The molecular weight excluding hydrogens is 188 g/mol. The van der Waals surface area contributed by atoms with Crippen molar-refractivity contribution in [1.29, 1.82) is 0 Å². The van der Waals surface area contributed by atoms with E-state index in [9.17, 15) is 0 Å². The quantitative estimate of drug-likeness (QED) is 0.785. The molecule has 1 aliphatic heterocycles. The molecule has 2 unspecified atom stereocenters. The molecular formula is C11H18N4. The van der Waals surface area contributed by atoms with E-state index >= 15 is 0 Å². The average Bonchev–Trinajstić information content (AvgIpc) is 2.31. The van der Waals surface area contributed by atoms with Gasteiger partial charge in [-0.25, -0.2) is 9.97 Å². The molecule has 2 heterocycles. The fourth-order valence-corrected chi connectivity index (χ4v) is 2.12. The highest BCUT2D eigenvalue weighted by atomic mass is 15.3. The highest BCUT2D eigenvalue weighted by Crippen LogP contribution is 2.21. The first-order valence-electron chi connectivity index (χ1n) is 5.58. The Balaban J connectivity index is 2.06. The maximum atomic E-state index is 6.06. The van der Waals surface area contributed by atoms with Gasteiger partial charge in [-0.2, -0.15) is 0 Å². The zero-order chi connectivity index (χ0) is 10.7. The number of rotatable bonds is 2. The molecule has 1 aromatic heterocycles. The Morgan fingerprint density at radius 2 is 2.20 bits per heavy atom. The van der Waals surface area contributed by atoms with E-state index in [2.05, 4.69) is 21.8 Å². The van der Waals surface area contributed by atoms with Gasteiger partial charge in [-0.1, -0.05) is 13.3 Å². The number of nitrogens with zero attached hydrogens (tertiary/aromatic N) is 3. The lowest BCUT2D eigenvalue weighted by Gasteiger charge is -2.36. The molecule has 4 nitrogen and oxygen atoms in total. The third kappa shape index (κ3) is 2.26. The van der Waals surface area contributed by atoms with Crippen LogP contribution in [-0.4, -0.2) is 29.1 Å². The molecule has 1 aliphatic rings. The summed E-state index contributed by atoms with van der Waals surface area (Å²) >= 11 is 0. The zero-order valence-electron chi connectivity index (χ0n) is 9.13. The van der Waals surface area contributed by atoms with E-state index in [4.69, 9.17) is 5.73 Å². The minimum atomic E-state index is 0.343. The molecule has 0 saturated carbocycles. The summed E-state index contributed by atoms with van der Waals surface area (Å²) in [5, 5.41) is 0. The van der Waals surface area contributed by atoms with E-state index in [0.29, 0.717) is 12.0 Å². The molecule has 2 rings (SSSR count). The van der Waals surface area contributed by atoms with Gasteiger partial charge in [0.1, 0.15) is 0 Å². The molecule has 0 aromatic carbocycles. The molecule has 1 fully saturated rings. The summed E-state index contributed by atoms with van der Waals surface area (Å²) in [5.74, 6) is 1.41. The van der Waals surface area contributed by atoms with Gasteiger partial charge in [0.2, 0.25) is 5.95 Å². The molecule has 0 radical (unpaired) electrons. The van der Waals surface area contributed by atoms with Crippen LogP contribution in [0.3, 0.4) is 0 Å². The van der Waals surface area contributed by atoms with E-state index in [-0.39, 0.29) is 0 Å². The predicted molar refractivity (Wildman–Crippen MR) is 60.6 cm³/mol. The van der Waals surface area contributed by atoms with E-state index in [1.165, 1.54) is 0 Å². The topological polar surface area (TPSA) is 55.0 Å². The van der Waals surface area contributed by atoms with Crippen LogP contribution in [0.4, 0.5) is 5.95 Å². The van der Waals surface area contributed by atoms with Crippen molar-refractivity contribution >= 4 is 5.95 Å². The summed E-state index contributed by atoms with van der Waals surface area (Å²) in [6.45, 7) is 4.16. The molecule has 15 heavy (non-hydrogen) atoms. The first-order chi connectivity index (χ1) is 7.31. The summed E-state index contributed by atoms with van der Waals surface area (Å²) < 4.78 is 0. The number of anilines is 1. The summed E-state index contributed by atoms with van der Waals surface area (Å²) in [7, 11) is 0. The minimum absolute atomic E-state index is 0.343. The highest BCUT2D eigenvalue weighted by molar-refractivity contribution is 5.29. The first-order valence-corrected chi connectivity index (χ1v) is 5.58. The van der Waals surface area contributed by atoms with Crippen LogP contribution in [0.2, 0.25) is 0 Å². The highest BCUT2D eigenvalue weighted by Gasteiger charge is 2.26. The second-order valence-corrected chi connectivity index (χ2v) is 4.12. The lowest BCUT2D eigenvalue weighted by Crippen LogP contribution is -2.47. The van der Waals surface area contributed by atoms with Gasteiger partial charge in [-0.3, -0.25) is 0 Å². The molecule has 0 aliphatic carbocycles. The predicted octanol–water partition coefficient (Wildman–Crippen LogP) is 1.04. The van der Waals surface area contributed by atoms with Crippen molar-refractivity contribution in [2.75, 3.05) is 18.0 Å². The Hall–Kier alpha value is -1.16. The molecule has 2 N–H and O–H groups in total. The fraction of sp³-hybridized carbons (Fsp3) is 0.636. The summed E-state index contributed by atoms with van der Waals surface area (Å²) in [4.78, 5) is 10.8. The second-order valence-electron chi connectivity index (χ2n) is 4.12. The largest absolute Gasteiger partial charge is 0.340 e. The summed E-state index contributed by atoms with van der Waals surface area (Å²) in [6, 6.07) is 2.19. The Morgan fingerprint density at radius 1 is 1.47 bits per heavy atom. The number of hydrogen-bond donors (Lipinski definition) is 1. The molecule has 0 spiro atoms. The molecule has 0 amide bonds. The van der Waals surface area contributed by atoms with Crippen molar-refractivity contribution in [3.8, 4) is 0 Å². The van der Waals surface area contributed by atoms with Crippen LogP contribution in [0.15, 0.2) is 18.5 Å². The van der Waals surface area contributed by atoms with Gasteiger partial charge in [0.25, 0.3) is 0 Å². The van der Waals surface area contributed by atoms with Gasteiger partial charge >= 0.3 is 0 Å². The van der Waals surface area contributed by atoms with E-state index in [1.807, 2.05) is 6.07 Å². The van der Waals surface area contributed by atoms with Gasteiger partial charge < -0.3 is 10.6 Å². The molecule has 2 atom stereocenters. The fourth-order valence-electron chi connectivity index (χ4n) is 2.12. The Labute approximate surface area is 90.5 Å². The second kappa shape index (κ2) is 4.57. The number of aromatic nitrogens is 2. The van der Waals surface area contributed by atoms with Gasteiger partial charge in [-0.15, -0.1) is 0 Å². The van der Waals surface area contributed by atoms with Gasteiger partial charge in [0, 0.05) is 31.5 Å². The van der Waals surface area contributed by atoms with Crippen molar-refractivity contribution in [3.05, 3.63) is 18.5 Å². The van der Waals surface area contributed by atoms with Crippen LogP contribution >= 0.6 is 0 Å². The van der Waals surface area contributed by atoms with Crippen molar-refractivity contribution in [1.82, 2.24) is 9.97 Å². The lowest BCUT2D eigenvalue weighted by molar-refractivity contribution is 0.345. The van der Waals surface area contributed by atoms with Crippen molar-refractivity contribution in [2.24, 2.45) is 11.7 Å².